The molecule has 2 N–H and O–H groups in total. The normalized spacial score (nSPS) is 17.1. The topological polar surface area (TPSA) is 61.5 Å². The van der Waals surface area contributed by atoms with Crippen molar-refractivity contribution in [3.05, 3.63) is 29.8 Å². The zero-order chi connectivity index (χ0) is 15.3. The molecule has 1 fully saturated rings. The van der Waals surface area contributed by atoms with Crippen LogP contribution in [0.2, 0.25) is 0 Å². The Labute approximate surface area is 126 Å². The lowest BCUT2D eigenvalue weighted by Gasteiger charge is -2.27. The summed E-state index contributed by atoms with van der Waals surface area (Å²) in [5.74, 6) is 0.671. The number of benzene rings is 1. The van der Waals surface area contributed by atoms with Crippen LogP contribution in [0, 0.1) is 5.92 Å². The fourth-order valence-corrected chi connectivity index (χ4v) is 2.47. The molecule has 1 aliphatic rings. The van der Waals surface area contributed by atoms with Gasteiger partial charge in [0.15, 0.2) is 0 Å². The van der Waals surface area contributed by atoms with Crippen molar-refractivity contribution in [2.24, 2.45) is 11.7 Å². The standard InChI is InChI=1S/C17H25NO3/c1-3-5-12-21-15-10-8-14(9-11-15)17(18,13-6-7-13)16(19)20-4-2/h8-11,13H,3-7,12,18H2,1-2H3. The van der Waals surface area contributed by atoms with Crippen LogP contribution in [0.15, 0.2) is 24.3 Å². The maximum atomic E-state index is 12.3. The first-order valence-electron chi connectivity index (χ1n) is 7.82. The maximum Gasteiger partial charge on any atom is 0.331 e. The van der Waals surface area contributed by atoms with E-state index in [2.05, 4.69) is 6.92 Å². The summed E-state index contributed by atoms with van der Waals surface area (Å²) in [4.78, 5) is 12.3. The molecule has 1 saturated carbocycles. The van der Waals surface area contributed by atoms with E-state index in [4.69, 9.17) is 15.2 Å². The van der Waals surface area contributed by atoms with Crippen molar-refractivity contribution < 1.29 is 14.3 Å². The summed E-state index contributed by atoms with van der Waals surface area (Å²) in [5, 5.41) is 0. The zero-order valence-electron chi connectivity index (χ0n) is 12.9. The van der Waals surface area contributed by atoms with Gasteiger partial charge in [0.1, 0.15) is 11.3 Å². The van der Waals surface area contributed by atoms with Crippen molar-refractivity contribution in [3.63, 3.8) is 0 Å². The van der Waals surface area contributed by atoms with Gasteiger partial charge in [-0.15, -0.1) is 0 Å². The minimum absolute atomic E-state index is 0.184. The van der Waals surface area contributed by atoms with Crippen LogP contribution in [-0.4, -0.2) is 19.2 Å². The van der Waals surface area contributed by atoms with Gasteiger partial charge in [-0.25, -0.2) is 4.79 Å². The van der Waals surface area contributed by atoms with E-state index in [1.165, 1.54) is 0 Å². The molecule has 1 aliphatic carbocycles. The first-order valence-corrected chi connectivity index (χ1v) is 7.82. The Morgan fingerprint density at radius 3 is 2.48 bits per heavy atom. The molecule has 0 aromatic heterocycles. The molecule has 0 saturated heterocycles. The van der Waals surface area contributed by atoms with Gasteiger partial charge >= 0.3 is 5.97 Å². The summed E-state index contributed by atoms with van der Waals surface area (Å²) in [7, 11) is 0. The molecule has 4 nitrogen and oxygen atoms in total. The van der Waals surface area contributed by atoms with Crippen LogP contribution >= 0.6 is 0 Å². The first-order chi connectivity index (χ1) is 10.1. The van der Waals surface area contributed by atoms with E-state index < -0.39 is 5.54 Å². The van der Waals surface area contributed by atoms with E-state index >= 15 is 0 Å². The van der Waals surface area contributed by atoms with Crippen LogP contribution in [-0.2, 0) is 15.1 Å². The average Bonchev–Trinajstić information content (AvgIpc) is 3.32. The van der Waals surface area contributed by atoms with Crippen molar-refractivity contribution in [2.75, 3.05) is 13.2 Å². The maximum absolute atomic E-state index is 12.3. The van der Waals surface area contributed by atoms with E-state index in [1.54, 1.807) is 6.92 Å². The molecule has 1 aromatic rings. The van der Waals surface area contributed by atoms with Crippen LogP contribution in [0.5, 0.6) is 5.75 Å². The minimum Gasteiger partial charge on any atom is -0.494 e. The fourth-order valence-electron chi connectivity index (χ4n) is 2.47. The summed E-state index contributed by atoms with van der Waals surface area (Å²) in [6.07, 6.45) is 4.09. The number of carbonyl (C=O) groups excluding carboxylic acids is 1. The predicted molar refractivity (Wildman–Crippen MR) is 82.1 cm³/mol. The van der Waals surface area contributed by atoms with Gasteiger partial charge < -0.3 is 15.2 Å². The second kappa shape index (κ2) is 6.94. The van der Waals surface area contributed by atoms with E-state index in [-0.39, 0.29) is 11.9 Å². The molecular formula is C17H25NO3. The van der Waals surface area contributed by atoms with Crippen molar-refractivity contribution >= 4 is 5.97 Å². The van der Waals surface area contributed by atoms with E-state index in [1.807, 2.05) is 24.3 Å². The van der Waals surface area contributed by atoms with Gasteiger partial charge in [0.2, 0.25) is 0 Å². The molecule has 0 spiro atoms. The molecule has 1 aromatic carbocycles. The van der Waals surface area contributed by atoms with Crippen LogP contribution in [0.25, 0.3) is 0 Å². The molecule has 21 heavy (non-hydrogen) atoms. The third kappa shape index (κ3) is 3.56. The second-order valence-electron chi connectivity index (χ2n) is 5.59. The third-order valence-electron chi connectivity index (χ3n) is 3.93. The summed E-state index contributed by atoms with van der Waals surface area (Å²) in [5.41, 5.74) is 6.21. The van der Waals surface area contributed by atoms with Crippen molar-refractivity contribution in [1.82, 2.24) is 0 Å². The molecule has 1 unspecified atom stereocenters. The number of carbonyl (C=O) groups is 1. The Kier molecular flexibility index (Phi) is 5.23. The Bertz CT molecular complexity index is 467. The van der Waals surface area contributed by atoms with Gasteiger partial charge in [0.25, 0.3) is 0 Å². The molecule has 4 heteroatoms. The Hall–Kier alpha value is -1.55. The molecule has 116 valence electrons. The van der Waals surface area contributed by atoms with Gasteiger partial charge in [-0.3, -0.25) is 0 Å². The number of nitrogens with two attached hydrogens (primary N) is 1. The zero-order valence-corrected chi connectivity index (χ0v) is 12.9. The molecule has 0 aliphatic heterocycles. The van der Waals surface area contributed by atoms with E-state index in [0.29, 0.717) is 13.2 Å². The predicted octanol–water partition coefficient (Wildman–Crippen LogP) is 2.99. The van der Waals surface area contributed by atoms with Gasteiger partial charge in [-0.05, 0) is 49.8 Å². The minimum atomic E-state index is -1.02. The number of unbranched alkanes of at least 4 members (excludes halogenated alkanes) is 1. The highest BCUT2D eigenvalue weighted by Crippen LogP contribution is 2.45. The van der Waals surface area contributed by atoms with Crippen LogP contribution in [0.3, 0.4) is 0 Å². The van der Waals surface area contributed by atoms with Crippen molar-refractivity contribution in [1.29, 1.82) is 0 Å². The lowest BCUT2D eigenvalue weighted by molar-refractivity contribution is -0.151. The average molecular weight is 291 g/mol. The Balaban J connectivity index is 2.12. The van der Waals surface area contributed by atoms with Gasteiger partial charge in [-0.2, -0.15) is 0 Å². The molecule has 0 amide bonds. The molecule has 0 heterocycles. The number of esters is 1. The highest BCUT2D eigenvalue weighted by molar-refractivity contribution is 5.83. The molecule has 0 bridgehead atoms. The summed E-state index contributed by atoms with van der Waals surface area (Å²) < 4.78 is 10.8. The summed E-state index contributed by atoms with van der Waals surface area (Å²) in [6, 6.07) is 7.54. The van der Waals surface area contributed by atoms with Crippen LogP contribution < -0.4 is 10.5 Å². The number of hydrogen-bond acceptors (Lipinski definition) is 4. The monoisotopic (exact) mass is 291 g/mol. The van der Waals surface area contributed by atoms with Crippen LogP contribution in [0.1, 0.15) is 45.1 Å². The Morgan fingerprint density at radius 2 is 1.95 bits per heavy atom. The highest BCUT2D eigenvalue weighted by atomic mass is 16.5. The quantitative estimate of drug-likeness (QED) is 0.591. The largest absolute Gasteiger partial charge is 0.494 e. The van der Waals surface area contributed by atoms with E-state index in [9.17, 15) is 4.79 Å². The summed E-state index contributed by atoms with van der Waals surface area (Å²) in [6.45, 7) is 4.99. The number of hydrogen-bond donors (Lipinski definition) is 1. The fraction of sp³-hybridized carbons (Fsp3) is 0.588. The highest BCUT2D eigenvalue weighted by Gasteiger charge is 2.50. The number of ether oxygens (including phenoxy) is 2. The van der Waals surface area contributed by atoms with Crippen molar-refractivity contribution in [2.45, 2.75) is 45.1 Å². The van der Waals surface area contributed by atoms with Crippen molar-refractivity contribution in [3.8, 4) is 5.75 Å². The van der Waals surface area contributed by atoms with Crippen LogP contribution in [0.4, 0.5) is 0 Å². The number of rotatable bonds is 8. The lowest BCUT2D eigenvalue weighted by Crippen LogP contribution is -2.48. The first kappa shape index (κ1) is 15.8. The molecule has 0 radical (unpaired) electrons. The SMILES string of the molecule is CCCCOc1ccc(C(N)(C(=O)OCC)C2CC2)cc1. The molecule has 1 atom stereocenters. The van der Waals surface area contributed by atoms with E-state index in [0.717, 1.165) is 37.0 Å². The van der Waals surface area contributed by atoms with Gasteiger partial charge in [0.05, 0.1) is 13.2 Å². The van der Waals surface area contributed by atoms with Gasteiger partial charge in [-0.1, -0.05) is 25.5 Å². The third-order valence-corrected chi connectivity index (χ3v) is 3.93. The molecular weight excluding hydrogens is 266 g/mol. The summed E-state index contributed by atoms with van der Waals surface area (Å²) >= 11 is 0. The molecule has 2 rings (SSSR count). The smallest absolute Gasteiger partial charge is 0.331 e. The second-order valence-corrected chi connectivity index (χ2v) is 5.59. The lowest BCUT2D eigenvalue weighted by atomic mass is 9.86. The Morgan fingerprint density at radius 1 is 1.29 bits per heavy atom. The van der Waals surface area contributed by atoms with Gasteiger partial charge in [0, 0.05) is 0 Å².